The molecule has 1 aromatic carbocycles. The van der Waals surface area contributed by atoms with Crippen molar-refractivity contribution >= 4 is 5.91 Å². The molecule has 0 radical (unpaired) electrons. The number of carbonyl (C=O) groups is 1. The molecule has 1 aliphatic carbocycles. The number of amides is 1. The highest BCUT2D eigenvalue weighted by Crippen LogP contribution is 2.40. The van der Waals surface area contributed by atoms with Crippen molar-refractivity contribution in [1.82, 2.24) is 5.32 Å². The summed E-state index contributed by atoms with van der Waals surface area (Å²) in [5.74, 6) is 1.89. The predicted octanol–water partition coefficient (Wildman–Crippen LogP) is 2.49. The van der Waals surface area contributed by atoms with Crippen LogP contribution in [0.25, 0.3) is 0 Å². The standard InChI is InChI=1S/C18H25NO4/c1-21-9-8-19-18(20)17(13-4-2-3-5-13)14-6-7-15-16(12-14)23-11-10-22-15/h6-7,12-13,17H,2-5,8-11H2,1H3,(H,19,20). The Labute approximate surface area is 137 Å². The van der Waals surface area contributed by atoms with Crippen molar-refractivity contribution in [3.05, 3.63) is 23.8 Å². The van der Waals surface area contributed by atoms with E-state index in [9.17, 15) is 4.79 Å². The van der Waals surface area contributed by atoms with Crippen LogP contribution < -0.4 is 14.8 Å². The summed E-state index contributed by atoms with van der Waals surface area (Å²) in [6.07, 6.45) is 4.63. The van der Waals surface area contributed by atoms with Crippen molar-refractivity contribution in [2.24, 2.45) is 5.92 Å². The molecule has 5 heteroatoms. The van der Waals surface area contributed by atoms with Crippen LogP contribution in [0.15, 0.2) is 18.2 Å². The maximum Gasteiger partial charge on any atom is 0.227 e. The number of hydrogen-bond donors (Lipinski definition) is 1. The minimum atomic E-state index is -0.120. The second-order valence-corrected chi connectivity index (χ2v) is 6.21. The van der Waals surface area contributed by atoms with Gasteiger partial charge in [-0.3, -0.25) is 4.79 Å². The summed E-state index contributed by atoms with van der Waals surface area (Å²) in [4.78, 5) is 12.7. The van der Waals surface area contributed by atoms with Crippen LogP contribution in [0.1, 0.15) is 37.2 Å². The fourth-order valence-corrected chi connectivity index (χ4v) is 3.57. The van der Waals surface area contributed by atoms with E-state index >= 15 is 0 Å². The highest BCUT2D eigenvalue weighted by molar-refractivity contribution is 5.84. The third kappa shape index (κ3) is 3.78. The summed E-state index contributed by atoms with van der Waals surface area (Å²) in [7, 11) is 1.64. The first-order valence-electron chi connectivity index (χ1n) is 8.46. The highest BCUT2D eigenvalue weighted by atomic mass is 16.6. The van der Waals surface area contributed by atoms with E-state index in [1.165, 1.54) is 12.8 Å². The van der Waals surface area contributed by atoms with Crippen LogP contribution in [-0.2, 0) is 9.53 Å². The van der Waals surface area contributed by atoms with Crippen molar-refractivity contribution in [2.45, 2.75) is 31.6 Å². The average molecular weight is 319 g/mol. The molecule has 1 atom stereocenters. The molecule has 1 amide bonds. The molecule has 0 aromatic heterocycles. The molecule has 0 saturated heterocycles. The number of methoxy groups -OCH3 is 1. The molecule has 5 nitrogen and oxygen atoms in total. The summed E-state index contributed by atoms with van der Waals surface area (Å²) in [6, 6.07) is 5.91. The van der Waals surface area contributed by atoms with Crippen LogP contribution in [0.4, 0.5) is 0 Å². The summed E-state index contributed by atoms with van der Waals surface area (Å²) in [6.45, 7) is 2.22. The van der Waals surface area contributed by atoms with Crippen LogP contribution in [0.2, 0.25) is 0 Å². The van der Waals surface area contributed by atoms with Crippen molar-refractivity contribution in [2.75, 3.05) is 33.5 Å². The lowest BCUT2D eigenvalue weighted by molar-refractivity contribution is -0.123. The van der Waals surface area contributed by atoms with Gasteiger partial charge in [-0.25, -0.2) is 0 Å². The summed E-state index contributed by atoms with van der Waals surface area (Å²) < 4.78 is 16.3. The maximum absolute atomic E-state index is 12.7. The molecule has 1 unspecified atom stereocenters. The monoisotopic (exact) mass is 319 g/mol. The SMILES string of the molecule is COCCNC(=O)C(c1ccc2c(c1)OCCO2)C1CCCC1. The highest BCUT2D eigenvalue weighted by Gasteiger charge is 2.32. The van der Waals surface area contributed by atoms with E-state index in [0.29, 0.717) is 32.3 Å². The predicted molar refractivity (Wildman–Crippen MR) is 87.0 cm³/mol. The van der Waals surface area contributed by atoms with E-state index < -0.39 is 0 Å². The van der Waals surface area contributed by atoms with Crippen molar-refractivity contribution < 1.29 is 19.0 Å². The largest absolute Gasteiger partial charge is 0.486 e. The Bertz CT molecular complexity index is 540. The molecule has 1 fully saturated rings. The Morgan fingerprint density at radius 2 is 2.00 bits per heavy atom. The number of carbonyl (C=O) groups excluding carboxylic acids is 1. The zero-order valence-corrected chi connectivity index (χ0v) is 13.7. The quantitative estimate of drug-likeness (QED) is 0.819. The van der Waals surface area contributed by atoms with Gasteiger partial charge >= 0.3 is 0 Å². The van der Waals surface area contributed by atoms with Gasteiger partial charge in [0.2, 0.25) is 5.91 Å². The number of hydrogen-bond acceptors (Lipinski definition) is 4. The van der Waals surface area contributed by atoms with E-state index in [1.54, 1.807) is 7.11 Å². The first-order chi connectivity index (χ1) is 11.3. The molecule has 3 rings (SSSR count). The van der Waals surface area contributed by atoms with Gasteiger partial charge in [0.05, 0.1) is 12.5 Å². The third-order valence-corrected chi connectivity index (χ3v) is 4.68. The molecule has 1 saturated carbocycles. The number of benzene rings is 1. The molecule has 0 bridgehead atoms. The molecule has 2 aliphatic rings. The number of fused-ring (bicyclic) bond motifs is 1. The second-order valence-electron chi connectivity index (χ2n) is 6.21. The van der Waals surface area contributed by atoms with Crippen LogP contribution in [0.5, 0.6) is 11.5 Å². The Balaban J connectivity index is 1.80. The van der Waals surface area contributed by atoms with Gasteiger partial charge in [-0.15, -0.1) is 0 Å². The minimum absolute atomic E-state index is 0.0885. The summed E-state index contributed by atoms with van der Waals surface area (Å²) >= 11 is 0. The molecule has 1 heterocycles. The normalized spacial score (nSPS) is 18.7. The van der Waals surface area contributed by atoms with E-state index in [1.807, 2.05) is 18.2 Å². The van der Waals surface area contributed by atoms with Crippen LogP contribution in [0, 0.1) is 5.92 Å². The first kappa shape index (κ1) is 16.1. The van der Waals surface area contributed by atoms with E-state index in [2.05, 4.69) is 5.32 Å². The van der Waals surface area contributed by atoms with Crippen molar-refractivity contribution in [1.29, 1.82) is 0 Å². The molecule has 1 aliphatic heterocycles. The van der Waals surface area contributed by atoms with Crippen LogP contribution in [-0.4, -0.2) is 39.4 Å². The lowest BCUT2D eigenvalue weighted by Gasteiger charge is -2.25. The minimum Gasteiger partial charge on any atom is -0.486 e. The van der Waals surface area contributed by atoms with Crippen LogP contribution >= 0.6 is 0 Å². The van der Waals surface area contributed by atoms with Gasteiger partial charge in [-0.2, -0.15) is 0 Å². The molecular weight excluding hydrogens is 294 g/mol. The van der Waals surface area contributed by atoms with E-state index in [0.717, 1.165) is 29.9 Å². The summed E-state index contributed by atoms with van der Waals surface area (Å²) in [5.41, 5.74) is 1.02. The van der Waals surface area contributed by atoms with E-state index in [4.69, 9.17) is 14.2 Å². The van der Waals surface area contributed by atoms with Gasteiger partial charge in [0.15, 0.2) is 11.5 Å². The lowest BCUT2D eigenvalue weighted by atomic mass is 9.84. The molecule has 1 aromatic rings. The van der Waals surface area contributed by atoms with Crippen molar-refractivity contribution in [3.8, 4) is 11.5 Å². The van der Waals surface area contributed by atoms with Gasteiger partial charge in [0.25, 0.3) is 0 Å². The van der Waals surface area contributed by atoms with Gasteiger partial charge in [0.1, 0.15) is 13.2 Å². The fraction of sp³-hybridized carbons (Fsp3) is 0.611. The van der Waals surface area contributed by atoms with Gasteiger partial charge in [-0.05, 0) is 36.5 Å². The van der Waals surface area contributed by atoms with Gasteiger partial charge < -0.3 is 19.5 Å². The number of rotatable bonds is 6. The first-order valence-corrected chi connectivity index (χ1v) is 8.46. The Kier molecular flexibility index (Phi) is 5.39. The number of nitrogens with one attached hydrogen (secondary N) is 1. The van der Waals surface area contributed by atoms with Gasteiger partial charge in [-0.1, -0.05) is 18.9 Å². The third-order valence-electron chi connectivity index (χ3n) is 4.68. The second kappa shape index (κ2) is 7.68. The summed E-state index contributed by atoms with van der Waals surface area (Å²) in [5, 5.41) is 3.00. The smallest absolute Gasteiger partial charge is 0.227 e. The Morgan fingerprint density at radius 3 is 2.74 bits per heavy atom. The fourth-order valence-electron chi connectivity index (χ4n) is 3.57. The average Bonchev–Trinajstić information content (AvgIpc) is 3.09. The molecule has 1 N–H and O–H groups in total. The molecule has 0 spiro atoms. The molecule has 23 heavy (non-hydrogen) atoms. The topological polar surface area (TPSA) is 56.8 Å². The maximum atomic E-state index is 12.7. The van der Waals surface area contributed by atoms with E-state index in [-0.39, 0.29) is 11.8 Å². The van der Waals surface area contributed by atoms with Crippen LogP contribution in [0.3, 0.4) is 0 Å². The van der Waals surface area contributed by atoms with Gasteiger partial charge in [0, 0.05) is 13.7 Å². The Hall–Kier alpha value is -1.75. The Morgan fingerprint density at radius 1 is 1.26 bits per heavy atom. The lowest BCUT2D eigenvalue weighted by Crippen LogP contribution is -2.35. The molecular formula is C18H25NO4. The number of ether oxygens (including phenoxy) is 3. The zero-order chi connectivity index (χ0) is 16.1. The molecule has 126 valence electrons. The zero-order valence-electron chi connectivity index (χ0n) is 13.7. The van der Waals surface area contributed by atoms with Crippen molar-refractivity contribution in [3.63, 3.8) is 0 Å².